The van der Waals surface area contributed by atoms with Gasteiger partial charge in [0.25, 0.3) is 11.5 Å². The number of fused-ring (bicyclic) bond motifs is 1. The second kappa shape index (κ2) is 10.8. The molecule has 1 fully saturated rings. The molecule has 2 aromatic heterocycles. The molecule has 1 aliphatic heterocycles. The van der Waals surface area contributed by atoms with E-state index < -0.39 is 0 Å². The first-order chi connectivity index (χ1) is 18.7. The van der Waals surface area contributed by atoms with Crippen molar-refractivity contribution in [2.24, 2.45) is 0 Å². The number of amides is 1. The van der Waals surface area contributed by atoms with Gasteiger partial charge < -0.3 is 4.74 Å². The molecule has 0 saturated carbocycles. The Morgan fingerprint density at radius 2 is 1.74 bits per heavy atom. The Kier molecular flexibility index (Phi) is 7.42. The summed E-state index contributed by atoms with van der Waals surface area (Å²) in [6, 6.07) is 19.2. The quantitative estimate of drug-likeness (QED) is 0.185. The van der Waals surface area contributed by atoms with Crippen LogP contribution in [0, 0.1) is 13.8 Å². The largest absolute Gasteiger partial charge is 0.438 e. The first-order valence-electron chi connectivity index (χ1n) is 12.8. The van der Waals surface area contributed by atoms with Crippen LogP contribution in [-0.4, -0.2) is 24.5 Å². The number of hydrogen-bond donors (Lipinski definition) is 0. The van der Waals surface area contributed by atoms with Gasteiger partial charge in [0.15, 0.2) is 0 Å². The van der Waals surface area contributed by atoms with Crippen LogP contribution in [0.5, 0.6) is 11.6 Å². The highest BCUT2D eigenvalue weighted by Crippen LogP contribution is 2.39. The summed E-state index contributed by atoms with van der Waals surface area (Å²) >= 11 is 6.79. The summed E-state index contributed by atoms with van der Waals surface area (Å²) in [4.78, 5) is 34.1. The minimum absolute atomic E-state index is 0.156. The molecule has 1 atom stereocenters. The van der Waals surface area contributed by atoms with Crippen molar-refractivity contribution in [1.29, 1.82) is 0 Å². The lowest BCUT2D eigenvalue weighted by atomic mass is 10.0. The monoisotopic (exact) mass is 555 g/mol. The lowest BCUT2D eigenvalue weighted by Gasteiger charge is -2.23. The number of pyridine rings is 1. The summed E-state index contributed by atoms with van der Waals surface area (Å²) in [7, 11) is 0. The molecule has 4 aromatic rings. The second-order valence-corrected chi connectivity index (χ2v) is 11.6. The van der Waals surface area contributed by atoms with Gasteiger partial charge in [-0.2, -0.15) is 4.98 Å². The Bertz CT molecular complexity index is 1690. The van der Waals surface area contributed by atoms with Crippen molar-refractivity contribution in [2.45, 2.75) is 46.6 Å². The highest BCUT2D eigenvalue weighted by molar-refractivity contribution is 8.26. The van der Waals surface area contributed by atoms with E-state index in [1.165, 1.54) is 16.2 Å². The van der Waals surface area contributed by atoms with Gasteiger partial charge in [-0.1, -0.05) is 86.4 Å². The molecule has 6 nitrogen and oxygen atoms in total. The molecule has 0 spiro atoms. The van der Waals surface area contributed by atoms with Crippen molar-refractivity contribution in [1.82, 2.24) is 14.3 Å². The SMILES string of the molecule is Cc1ccc(C(C)C)c(Oc2nc3c(C)cccn3c(=O)c2/C=C2/SC(=S)N(C(C)c3ccccc3)C2=O)c1. The minimum Gasteiger partial charge on any atom is -0.438 e. The van der Waals surface area contributed by atoms with Crippen LogP contribution in [0.15, 0.2) is 76.6 Å². The lowest BCUT2D eigenvalue weighted by Crippen LogP contribution is -2.31. The Labute approximate surface area is 237 Å². The molecule has 5 rings (SSSR count). The van der Waals surface area contributed by atoms with E-state index in [1.54, 1.807) is 23.2 Å². The molecular weight excluding hydrogens is 526 g/mol. The van der Waals surface area contributed by atoms with Gasteiger partial charge >= 0.3 is 0 Å². The Balaban J connectivity index is 1.64. The zero-order chi connectivity index (χ0) is 27.8. The highest BCUT2D eigenvalue weighted by Gasteiger charge is 2.36. The van der Waals surface area contributed by atoms with E-state index in [-0.39, 0.29) is 34.9 Å². The van der Waals surface area contributed by atoms with Crippen LogP contribution in [0.2, 0.25) is 0 Å². The number of carbonyl (C=O) groups is 1. The normalized spacial score (nSPS) is 15.5. The molecule has 2 aromatic carbocycles. The van der Waals surface area contributed by atoms with Crippen molar-refractivity contribution >= 4 is 45.9 Å². The summed E-state index contributed by atoms with van der Waals surface area (Å²) in [6.07, 6.45) is 3.25. The van der Waals surface area contributed by atoms with Crippen LogP contribution in [0.4, 0.5) is 0 Å². The summed E-state index contributed by atoms with van der Waals surface area (Å²) in [5.41, 5.74) is 4.21. The van der Waals surface area contributed by atoms with Gasteiger partial charge in [0.2, 0.25) is 5.88 Å². The van der Waals surface area contributed by atoms with E-state index in [2.05, 4.69) is 13.8 Å². The van der Waals surface area contributed by atoms with Crippen LogP contribution in [-0.2, 0) is 4.79 Å². The maximum Gasteiger partial charge on any atom is 0.269 e. The van der Waals surface area contributed by atoms with Crippen LogP contribution in [0.3, 0.4) is 0 Å². The average molecular weight is 556 g/mol. The molecule has 1 amide bonds. The molecule has 8 heteroatoms. The fourth-order valence-corrected chi connectivity index (χ4v) is 6.03. The number of rotatable bonds is 6. The fourth-order valence-electron chi connectivity index (χ4n) is 4.63. The van der Waals surface area contributed by atoms with Crippen molar-refractivity contribution in [3.05, 3.63) is 110 Å². The summed E-state index contributed by atoms with van der Waals surface area (Å²) in [6.45, 7) is 10.0. The van der Waals surface area contributed by atoms with E-state index >= 15 is 0 Å². The molecule has 1 aliphatic rings. The topological polar surface area (TPSA) is 63.9 Å². The van der Waals surface area contributed by atoms with Crippen molar-refractivity contribution in [3.63, 3.8) is 0 Å². The lowest BCUT2D eigenvalue weighted by molar-refractivity contribution is -0.123. The van der Waals surface area contributed by atoms with E-state index in [4.69, 9.17) is 21.9 Å². The van der Waals surface area contributed by atoms with Gasteiger partial charge in [0.1, 0.15) is 21.3 Å². The third kappa shape index (κ3) is 5.14. The molecule has 1 saturated heterocycles. The van der Waals surface area contributed by atoms with E-state index in [0.717, 1.165) is 22.3 Å². The molecule has 0 bridgehead atoms. The summed E-state index contributed by atoms with van der Waals surface area (Å²) in [5.74, 6) is 0.737. The van der Waals surface area contributed by atoms with Gasteiger partial charge in [-0.15, -0.1) is 0 Å². The van der Waals surface area contributed by atoms with Gasteiger partial charge in [-0.05, 0) is 67.2 Å². The molecule has 1 unspecified atom stereocenters. The van der Waals surface area contributed by atoms with Gasteiger partial charge in [-0.3, -0.25) is 18.9 Å². The number of carbonyl (C=O) groups excluding carboxylic acids is 1. The smallest absolute Gasteiger partial charge is 0.269 e. The fraction of sp³-hybridized carbons (Fsp3) is 0.226. The molecule has 0 radical (unpaired) electrons. The average Bonchev–Trinajstić information content (AvgIpc) is 3.19. The predicted octanol–water partition coefficient (Wildman–Crippen LogP) is 7.19. The van der Waals surface area contributed by atoms with Crippen LogP contribution in [0.25, 0.3) is 11.7 Å². The minimum atomic E-state index is -0.321. The number of thiocarbonyl (C=S) groups is 1. The van der Waals surface area contributed by atoms with E-state index in [9.17, 15) is 9.59 Å². The van der Waals surface area contributed by atoms with E-state index in [1.807, 2.05) is 75.4 Å². The standard InChI is InChI=1S/C31H29N3O3S2/c1-18(2)23-14-13-19(3)16-25(23)37-28-24(29(35)33-15-9-10-20(4)27(33)32-28)17-26-30(36)34(31(38)39-26)21(5)22-11-7-6-8-12-22/h6-18,21H,1-5H3/b26-17+. The maximum absolute atomic E-state index is 13.8. The highest BCUT2D eigenvalue weighted by atomic mass is 32.2. The number of thioether (sulfide) groups is 1. The van der Waals surface area contributed by atoms with Crippen LogP contribution in [0.1, 0.15) is 60.5 Å². The van der Waals surface area contributed by atoms with Crippen molar-refractivity contribution in [2.75, 3.05) is 0 Å². The number of aromatic nitrogens is 2. The maximum atomic E-state index is 13.8. The molecular formula is C31H29N3O3S2. The van der Waals surface area contributed by atoms with Crippen molar-refractivity contribution in [3.8, 4) is 11.6 Å². The first kappa shape index (κ1) is 26.8. The Morgan fingerprint density at radius 3 is 2.46 bits per heavy atom. The Morgan fingerprint density at radius 1 is 1.00 bits per heavy atom. The summed E-state index contributed by atoms with van der Waals surface area (Å²) < 4.78 is 8.33. The van der Waals surface area contributed by atoms with Crippen molar-refractivity contribution < 1.29 is 9.53 Å². The third-order valence-electron chi connectivity index (χ3n) is 6.82. The van der Waals surface area contributed by atoms with Crippen LogP contribution < -0.4 is 10.3 Å². The summed E-state index contributed by atoms with van der Waals surface area (Å²) in [5, 5.41) is 0. The molecule has 39 heavy (non-hydrogen) atoms. The number of hydrogen-bond acceptors (Lipinski definition) is 6. The molecule has 3 heterocycles. The van der Waals surface area contributed by atoms with E-state index in [0.29, 0.717) is 20.6 Å². The number of aryl methyl sites for hydroxylation is 2. The zero-order valence-corrected chi connectivity index (χ0v) is 24.1. The van der Waals surface area contributed by atoms with Gasteiger partial charge in [-0.25, -0.2) is 0 Å². The zero-order valence-electron chi connectivity index (χ0n) is 22.5. The van der Waals surface area contributed by atoms with Gasteiger partial charge in [0.05, 0.1) is 10.9 Å². The molecule has 198 valence electrons. The molecule has 0 aliphatic carbocycles. The third-order valence-corrected chi connectivity index (χ3v) is 8.15. The van der Waals surface area contributed by atoms with Gasteiger partial charge in [0, 0.05) is 6.20 Å². The Hall–Kier alpha value is -3.75. The van der Waals surface area contributed by atoms with Crippen LogP contribution >= 0.6 is 24.0 Å². The number of ether oxygens (including phenoxy) is 1. The number of nitrogens with zero attached hydrogens (tertiary/aromatic N) is 3. The second-order valence-electron chi connectivity index (χ2n) is 9.96. The predicted molar refractivity (Wildman–Crippen MR) is 161 cm³/mol. The number of benzene rings is 2. The molecule has 0 N–H and O–H groups in total. The first-order valence-corrected chi connectivity index (χ1v) is 14.0.